The molecule has 5 heteroatoms. The molecule has 1 aromatic rings. The highest BCUT2D eigenvalue weighted by Crippen LogP contribution is 2.12. The average molecular weight is 250 g/mol. The number of piperazine rings is 1. The molecule has 1 fully saturated rings. The van der Waals surface area contributed by atoms with Gasteiger partial charge in [0.15, 0.2) is 0 Å². The Kier molecular flexibility index (Phi) is 4.38. The van der Waals surface area contributed by atoms with Gasteiger partial charge in [-0.05, 0) is 20.0 Å². The SMILES string of the molecule is CC1CN(CCOc2ccnc(N)c2)CCN1C. The third-order valence-corrected chi connectivity index (χ3v) is 3.47. The zero-order valence-electron chi connectivity index (χ0n) is 11.2. The van der Waals surface area contributed by atoms with E-state index in [9.17, 15) is 0 Å². The number of ether oxygens (including phenoxy) is 1. The van der Waals surface area contributed by atoms with E-state index in [4.69, 9.17) is 10.5 Å². The first-order valence-electron chi connectivity index (χ1n) is 6.42. The van der Waals surface area contributed by atoms with Crippen LogP contribution in [0, 0.1) is 0 Å². The minimum absolute atomic E-state index is 0.501. The van der Waals surface area contributed by atoms with Crippen LogP contribution in [0.15, 0.2) is 18.3 Å². The molecule has 0 aliphatic carbocycles. The fraction of sp³-hybridized carbons (Fsp3) is 0.615. The molecule has 2 N–H and O–H groups in total. The number of nitrogens with two attached hydrogens (primary N) is 1. The molecule has 2 rings (SSSR count). The number of aromatic nitrogens is 1. The van der Waals surface area contributed by atoms with Gasteiger partial charge in [-0.3, -0.25) is 4.90 Å². The summed E-state index contributed by atoms with van der Waals surface area (Å²) in [6.07, 6.45) is 1.67. The lowest BCUT2D eigenvalue weighted by Gasteiger charge is -2.37. The highest BCUT2D eigenvalue weighted by molar-refractivity contribution is 5.35. The monoisotopic (exact) mass is 250 g/mol. The zero-order chi connectivity index (χ0) is 13.0. The van der Waals surface area contributed by atoms with Crippen LogP contribution in [0.25, 0.3) is 0 Å². The van der Waals surface area contributed by atoms with E-state index >= 15 is 0 Å². The molecule has 0 saturated carbocycles. The summed E-state index contributed by atoms with van der Waals surface area (Å²) in [4.78, 5) is 8.77. The highest BCUT2D eigenvalue weighted by atomic mass is 16.5. The lowest BCUT2D eigenvalue weighted by molar-refractivity contribution is 0.0928. The van der Waals surface area contributed by atoms with Crippen LogP contribution in [0.3, 0.4) is 0 Å². The van der Waals surface area contributed by atoms with Gasteiger partial charge in [-0.2, -0.15) is 0 Å². The van der Waals surface area contributed by atoms with Crippen molar-refractivity contribution >= 4 is 5.82 Å². The van der Waals surface area contributed by atoms with Crippen molar-refractivity contribution in [2.45, 2.75) is 13.0 Å². The fourth-order valence-electron chi connectivity index (χ4n) is 2.14. The van der Waals surface area contributed by atoms with Gasteiger partial charge in [0.1, 0.15) is 18.2 Å². The number of hydrogen-bond acceptors (Lipinski definition) is 5. The summed E-state index contributed by atoms with van der Waals surface area (Å²) >= 11 is 0. The molecule has 1 atom stereocenters. The first-order valence-corrected chi connectivity index (χ1v) is 6.42. The minimum atomic E-state index is 0.501. The standard InChI is InChI=1S/C13H22N4O/c1-11-10-17(6-5-16(11)2)7-8-18-12-3-4-15-13(14)9-12/h3-4,9,11H,5-8,10H2,1-2H3,(H2,14,15). The molecule has 0 radical (unpaired) electrons. The van der Waals surface area contributed by atoms with Crippen molar-refractivity contribution in [2.75, 3.05) is 45.6 Å². The summed E-state index contributed by atoms with van der Waals surface area (Å²) in [5.41, 5.74) is 5.60. The molecular formula is C13H22N4O. The van der Waals surface area contributed by atoms with E-state index in [0.717, 1.165) is 31.9 Å². The molecule has 18 heavy (non-hydrogen) atoms. The topological polar surface area (TPSA) is 54.6 Å². The van der Waals surface area contributed by atoms with Gasteiger partial charge in [-0.15, -0.1) is 0 Å². The summed E-state index contributed by atoms with van der Waals surface area (Å²) < 4.78 is 5.68. The molecule has 5 nitrogen and oxygen atoms in total. The van der Waals surface area contributed by atoms with Crippen molar-refractivity contribution in [1.29, 1.82) is 0 Å². The van der Waals surface area contributed by atoms with Crippen LogP contribution in [0.2, 0.25) is 0 Å². The molecule has 1 aromatic heterocycles. The van der Waals surface area contributed by atoms with E-state index in [0.29, 0.717) is 18.5 Å². The Balaban J connectivity index is 1.72. The molecule has 1 saturated heterocycles. The normalized spacial score (nSPS) is 22.0. The number of nitrogens with zero attached hydrogens (tertiary/aromatic N) is 3. The number of likely N-dealkylation sites (N-methyl/N-ethyl adjacent to an activating group) is 1. The van der Waals surface area contributed by atoms with E-state index in [1.165, 1.54) is 0 Å². The molecule has 1 aliphatic rings. The van der Waals surface area contributed by atoms with Crippen molar-refractivity contribution in [3.05, 3.63) is 18.3 Å². The summed E-state index contributed by atoms with van der Waals surface area (Å²) in [6.45, 7) is 7.27. The van der Waals surface area contributed by atoms with Crippen LogP contribution in [-0.2, 0) is 0 Å². The molecule has 0 bridgehead atoms. The third kappa shape index (κ3) is 3.58. The second kappa shape index (κ2) is 6.02. The van der Waals surface area contributed by atoms with Crippen molar-refractivity contribution < 1.29 is 4.74 Å². The maximum Gasteiger partial charge on any atom is 0.126 e. The average Bonchev–Trinajstić information content (AvgIpc) is 2.34. The van der Waals surface area contributed by atoms with Crippen molar-refractivity contribution in [3.8, 4) is 5.75 Å². The quantitative estimate of drug-likeness (QED) is 0.851. The maximum absolute atomic E-state index is 5.68. The van der Waals surface area contributed by atoms with Gasteiger partial charge in [-0.25, -0.2) is 4.98 Å². The summed E-state index contributed by atoms with van der Waals surface area (Å²) in [6, 6.07) is 4.21. The summed E-state index contributed by atoms with van der Waals surface area (Å²) in [7, 11) is 2.18. The van der Waals surface area contributed by atoms with Gasteiger partial charge in [0, 0.05) is 44.5 Å². The van der Waals surface area contributed by atoms with E-state index in [-0.39, 0.29) is 0 Å². The molecule has 1 unspecified atom stereocenters. The van der Waals surface area contributed by atoms with Gasteiger partial charge in [0.2, 0.25) is 0 Å². The van der Waals surface area contributed by atoms with Gasteiger partial charge in [0.05, 0.1) is 0 Å². The Bertz CT molecular complexity index is 385. The van der Waals surface area contributed by atoms with E-state index in [1.807, 2.05) is 6.07 Å². The van der Waals surface area contributed by atoms with Crippen molar-refractivity contribution in [3.63, 3.8) is 0 Å². The van der Waals surface area contributed by atoms with Crippen LogP contribution in [0.5, 0.6) is 5.75 Å². The van der Waals surface area contributed by atoms with Gasteiger partial charge in [-0.1, -0.05) is 0 Å². The second-order valence-electron chi connectivity index (χ2n) is 4.90. The van der Waals surface area contributed by atoms with Gasteiger partial charge < -0.3 is 15.4 Å². The van der Waals surface area contributed by atoms with Crippen molar-refractivity contribution in [1.82, 2.24) is 14.8 Å². The molecule has 0 aromatic carbocycles. The molecule has 0 spiro atoms. The Morgan fingerprint density at radius 3 is 3.06 bits per heavy atom. The maximum atomic E-state index is 5.68. The number of anilines is 1. The van der Waals surface area contributed by atoms with Gasteiger partial charge in [0.25, 0.3) is 0 Å². The Hall–Kier alpha value is -1.33. The van der Waals surface area contributed by atoms with Crippen LogP contribution < -0.4 is 10.5 Å². The second-order valence-corrected chi connectivity index (χ2v) is 4.90. The zero-order valence-corrected chi connectivity index (χ0v) is 11.2. The van der Waals surface area contributed by atoms with Crippen molar-refractivity contribution in [2.24, 2.45) is 0 Å². The smallest absolute Gasteiger partial charge is 0.126 e. The van der Waals surface area contributed by atoms with Crippen LogP contribution in [0.4, 0.5) is 5.82 Å². The first kappa shape index (κ1) is 13.1. The van der Waals surface area contributed by atoms with E-state index in [1.54, 1.807) is 12.3 Å². The molecule has 100 valence electrons. The molecular weight excluding hydrogens is 228 g/mol. The largest absolute Gasteiger partial charge is 0.492 e. The van der Waals surface area contributed by atoms with Gasteiger partial charge >= 0.3 is 0 Å². The highest BCUT2D eigenvalue weighted by Gasteiger charge is 2.19. The predicted molar refractivity (Wildman–Crippen MR) is 72.7 cm³/mol. The Morgan fingerprint density at radius 1 is 1.50 bits per heavy atom. The van der Waals surface area contributed by atoms with Crippen LogP contribution in [0.1, 0.15) is 6.92 Å². The minimum Gasteiger partial charge on any atom is -0.492 e. The predicted octanol–water partition coefficient (Wildman–Crippen LogP) is 0.678. The number of rotatable bonds is 4. The lowest BCUT2D eigenvalue weighted by atomic mass is 10.2. The van der Waals surface area contributed by atoms with E-state index in [2.05, 4.69) is 28.8 Å². The summed E-state index contributed by atoms with van der Waals surface area (Å²) in [5.74, 6) is 1.30. The molecule has 0 amide bonds. The third-order valence-electron chi connectivity index (χ3n) is 3.47. The van der Waals surface area contributed by atoms with E-state index < -0.39 is 0 Å². The van der Waals surface area contributed by atoms with Crippen LogP contribution >= 0.6 is 0 Å². The number of nitrogen functional groups attached to an aromatic ring is 1. The molecule has 1 aliphatic heterocycles. The summed E-state index contributed by atoms with van der Waals surface area (Å²) in [5, 5.41) is 0. The fourth-order valence-corrected chi connectivity index (χ4v) is 2.14. The number of hydrogen-bond donors (Lipinski definition) is 1. The first-order chi connectivity index (χ1) is 8.65. The Morgan fingerprint density at radius 2 is 2.33 bits per heavy atom. The molecule has 2 heterocycles. The Labute approximate surface area is 109 Å². The lowest BCUT2D eigenvalue weighted by Crippen LogP contribution is -2.50. The van der Waals surface area contributed by atoms with Crippen LogP contribution in [-0.4, -0.2) is 60.7 Å². The number of pyridine rings is 1.